The van der Waals surface area contributed by atoms with Gasteiger partial charge in [0, 0.05) is 38.8 Å². The summed E-state index contributed by atoms with van der Waals surface area (Å²) >= 11 is 0. The van der Waals surface area contributed by atoms with Crippen molar-refractivity contribution in [1.82, 2.24) is 25.8 Å². The van der Waals surface area contributed by atoms with Crippen LogP contribution in [0.5, 0.6) is 0 Å². The highest BCUT2D eigenvalue weighted by Gasteiger charge is 2.24. The topological polar surface area (TPSA) is 93.8 Å². The maximum Gasteiger partial charge on any atom is 0.321 e. The Morgan fingerprint density at radius 2 is 1.52 bits per heavy atom. The molecule has 2 fully saturated rings. The maximum absolute atomic E-state index is 12.1. The van der Waals surface area contributed by atoms with E-state index in [0.717, 1.165) is 51.9 Å². The average molecular weight is 382 g/mol. The smallest absolute Gasteiger partial charge is 0.321 e. The van der Waals surface area contributed by atoms with Gasteiger partial charge in [0.15, 0.2) is 0 Å². The first-order valence-electron chi connectivity index (χ1n) is 10.3. The molecule has 0 aromatic carbocycles. The summed E-state index contributed by atoms with van der Waals surface area (Å²) in [7, 11) is 0. The van der Waals surface area contributed by atoms with Crippen LogP contribution in [-0.2, 0) is 9.59 Å². The van der Waals surface area contributed by atoms with E-state index in [4.69, 9.17) is 0 Å². The molecular weight excluding hydrogens is 346 g/mol. The molecular formula is C19H35N5O3. The van der Waals surface area contributed by atoms with E-state index < -0.39 is 0 Å². The number of rotatable bonds is 7. The Balaban J connectivity index is 1.62. The average Bonchev–Trinajstić information content (AvgIpc) is 2.63. The summed E-state index contributed by atoms with van der Waals surface area (Å²) in [6, 6.07) is -0.223. The van der Waals surface area contributed by atoms with Gasteiger partial charge in [0.2, 0.25) is 11.8 Å². The fraction of sp³-hybridized carbons (Fsp3) is 0.842. The van der Waals surface area contributed by atoms with E-state index in [1.807, 2.05) is 11.8 Å². The summed E-state index contributed by atoms with van der Waals surface area (Å²) in [6.07, 6.45) is 5.38. The fourth-order valence-electron chi connectivity index (χ4n) is 3.73. The molecule has 0 radical (unpaired) electrons. The van der Waals surface area contributed by atoms with Gasteiger partial charge in [0.05, 0.1) is 13.1 Å². The van der Waals surface area contributed by atoms with Crippen LogP contribution in [0.25, 0.3) is 0 Å². The molecule has 0 aromatic heterocycles. The molecule has 8 heteroatoms. The molecule has 2 atom stereocenters. The van der Waals surface area contributed by atoms with Crippen LogP contribution in [0, 0.1) is 5.92 Å². The second-order valence-corrected chi connectivity index (χ2v) is 7.79. The molecule has 2 unspecified atom stereocenters. The predicted octanol–water partition coefficient (Wildman–Crippen LogP) is 0.535. The summed E-state index contributed by atoms with van der Waals surface area (Å²) in [5, 5.41) is 8.27. The number of carbonyl (C=O) groups is 3. The second-order valence-electron chi connectivity index (χ2n) is 7.79. The first-order chi connectivity index (χ1) is 13.0. The summed E-state index contributed by atoms with van der Waals surface area (Å²) in [6.45, 7) is 8.43. The molecule has 2 rings (SSSR count). The summed E-state index contributed by atoms with van der Waals surface area (Å²) in [5.74, 6) is 0.240. The van der Waals surface area contributed by atoms with Crippen molar-refractivity contribution in [3.05, 3.63) is 0 Å². The number of hydrogen-bond acceptors (Lipinski definition) is 5. The Morgan fingerprint density at radius 1 is 0.926 bits per heavy atom. The highest BCUT2D eigenvalue weighted by Crippen LogP contribution is 2.23. The Bertz CT molecular complexity index is 506. The van der Waals surface area contributed by atoms with E-state index in [0.29, 0.717) is 19.0 Å². The van der Waals surface area contributed by atoms with Crippen molar-refractivity contribution in [3.63, 3.8) is 0 Å². The van der Waals surface area contributed by atoms with E-state index >= 15 is 0 Å². The number of carbonyl (C=O) groups excluding carboxylic acids is 3. The van der Waals surface area contributed by atoms with E-state index in [1.165, 1.54) is 6.42 Å². The number of imide groups is 1. The Kier molecular flexibility index (Phi) is 9.00. The van der Waals surface area contributed by atoms with Gasteiger partial charge in [-0.25, -0.2) is 4.79 Å². The van der Waals surface area contributed by atoms with E-state index in [-0.39, 0.29) is 30.4 Å². The molecule has 0 bridgehead atoms. The summed E-state index contributed by atoms with van der Waals surface area (Å²) < 4.78 is 0. The Hall–Kier alpha value is -1.67. The van der Waals surface area contributed by atoms with Crippen LogP contribution >= 0.6 is 0 Å². The lowest BCUT2D eigenvalue weighted by Crippen LogP contribution is -2.53. The number of nitrogens with zero attached hydrogens (tertiary/aromatic N) is 2. The molecule has 154 valence electrons. The van der Waals surface area contributed by atoms with Gasteiger partial charge in [0.1, 0.15) is 0 Å². The van der Waals surface area contributed by atoms with Gasteiger partial charge >= 0.3 is 6.03 Å². The molecule has 3 N–H and O–H groups in total. The third-order valence-electron chi connectivity index (χ3n) is 5.45. The minimum Gasteiger partial charge on any atom is -0.355 e. The third kappa shape index (κ3) is 7.84. The van der Waals surface area contributed by atoms with Crippen LogP contribution in [0.15, 0.2) is 0 Å². The van der Waals surface area contributed by atoms with Gasteiger partial charge < -0.3 is 10.6 Å². The Morgan fingerprint density at radius 3 is 2.11 bits per heavy atom. The number of urea groups is 1. The van der Waals surface area contributed by atoms with Crippen molar-refractivity contribution in [2.75, 3.05) is 45.8 Å². The largest absolute Gasteiger partial charge is 0.355 e. The van der Waals surface area contributed by atoms with Gasteiger partial charge in [0.25, 0.3) is 0 Å². The highest BCUT2D eigenvalue weighted by atomic mass is 16.2. The molecule has 4 amide bonds. The number of nitrogens with one attached hydrogen (secondary N) is 3. The van der Waals surface area contributed by atoms with Crippen molar-refractivity contribution < 1.29 is 14.4 Å². The van der Waals surface area contributed by atoms with Crippen LogP contribution in [0.2, 0.25) is 0 Å². The lowest BCUT2D eigenvalue weighted by Gasteiger charge is -2.33. The van der Waals surface area contributed by atoms with E-state index in [2.05, 4.69) is 27.8 Å². The van der Waals surface area contributed by atoms with E-state index in [9.17, 15) is 14.4 Å². The normalized spacial score (nSPS) is 24.2. The minimum atomic E-state index is -0.384. The van der Waals surface area contributed by atoms with Crippen LogP contribution in [0.4, 0.5) is 4.79 Å². The zero-order valence-electron chi connectivity index (χ0n) is 16.8. The quantitative estimate of drug-likeness (QED) is 0.598. The van der Waals surface area contributed by atoms with E-state index in [1.54, 1.807) is 0 Å². The van der Waals surface area contributed by atoms with Crippen molar-refractivity contribution >= 4 is 17.8 Å². The highest BCUT2D eigenvalue weighted by molar-refractivity contribution is 5.95. The predicted molar refractivity (Wildman–Crippen MR) is 104 cm³/mol. The summed E-state index contributed by atoms with van der Waals surface area (Å²) in [5.41, 5.74) is 0. The lowest BCUT2D eigenvalue weighted by atomic mass is 9.86. The SMILES string of the molecule is CCCNC(=O)CN1CCN(CC(=O)NC(=O)NC2CCCCC2C)CC1. The fourth-order valence-corrected chi connectivity index (χ4v) is 3.73. The second kappa shape index (κ2) is 11.2. The minimum absolute atomic E-state index is 0.0525. The molecule has 1 saturated carbocycles. The van der Waals surface area contributed by atoms with Crippen molar-refractivity contribution in [2.45, 2.75) is 52.0 Å². The molecule has 0 aromatic rings. The number of hydrogen-bond donors (Lipinski definition) is 3. The van der Waals surface area contributed by atoms with Crippen LogP contribution in [0.3, 0.4) is 0 Å². The molecule has 2 aliphatic rings. The first kappa shape index (κ1) is 21.6. The molecule has 1 aliphatic carbocycles. The first-order valence-corrected chi connectivity index (χ1v) is 10.3. The van der Waals surface area contributed by atoms with Crippen LogP contribution < -0.4 is 16.0 Å². The third-order valence-corrected chi connectivity index (χ3v) is 5.45. The lowest BCUT2D eigenvalue weighted by molar-refractivity contribution is -0.124. The van der Waals surface area contributed by atoms with Gasteiger partial charge in [-0.3, -0.25) is 24.7 Å². The van der Waals surface area contributed by atoms with Crippen molar-refractivity contribution in [3.8, 4) is 0 Å². The molecule has 0 spiro atoms. The molecule has 8 nitrogen and oxygen atoms in total. The van der Waals surface area contributed by atoms with Gasteiger partial charge in [-0.15, -0.1) is 0 Å². The maximum atomic E-state index is 12.1. The Labute approximate surface area is 162 Å². The zero-order chi connectivity index (χ0) is 19.6. The summed E-state index contributed by atoms with van der Waals surface area (Å²) in [4.78, 5) is 40.1. The van der Waals surface area contributed by atoms with Crippen LogP contribution in [0.1, 0.15) is 46.0 Å². The van der Waals surface area contributed by atoms with Crippen LogP contribution in [-0.4, -0.2) is 79.5 Å². The van der Waals surface area contributed by atoms with Gasteiger partial charge in [-0.1, -0.05) is 26.7 Å². The molecule has 1 heterocycles. The molecule has 27 heavy (non-hydrogen) atoms. The monoisotopic (exact) mass is 381 g/mol. The van der Waals surface area contributed by atoms with Gasteiger partial charge in [-0.05, 0) is 25.2 Å². The van der Waals surface area contributed by atoms with Gasteiger partial charge in [-0.2, -0.15) is 0 Å². The zero-order valence-corrected chi connectivity index (χ0v) is 16.8. The molecule has 1 aliphatic heterocycles. The number of amides is 4. The standard InChI is InChI=1S/C19H35N5O3/c1-3-8-20-17(25)13-23-9-11-24(12-10-23)14-18(26)22-19(27)21-16-7-5-4-6-15(16)2/h15-16H,3-14H2,1-2H3,(H,20,25)(H2,21,22,26,27). The number of piperazine rings is 1. The van der Waals surface area contributed by atoms with Crippen molar-refractivity contribution in [1.29, 1.82) is 0 Å². The molecule has 1 saturated heterocycles. The van der Waals surface area contributed by atoms with Crippen molar-refractivity contribution in [2.24, 2.45) is 5.92 Å².